The van der Waals surface area contributed by atoms with E-state index < -0.39 is 29.9 Å². The van der Waals surface area contributed by atoms with Gasteiger partial charge in [-0.05, 0) is 38.8 Å². The Hall–Kier alpha value is -0.310. The molecule has 2 saturated heterocycles. The number of hydrogen-bond acceptors (Lipinski definition) is 8. The fourth-order valence-corrected chi connectivity index (χ4v) is 6.83. The molecule has 0 radical (unpaired) electrons. The maximum Gasteiger partial charge on any atom is 0.208 e. The number of sulfone groups is 1. The molecular weight excluding hydrogens is 440 g/mol. The van der Waals surface area contributed by atoms with Gasteiger partial charge in [0.2, 0.25) is 20.0 Å². The van der Waals surface area contributed by atoms with Crippen molar-refractivity contribution < 1.29 is 25.3 Å². The highest BCUT2D eigenvalue weighted by Crippen LogP contribution is 2.13. The molecule has 0 amide bonds. The number of hydrogen-bond donors (Lipinski definition) is 2. The number of rotatable bonds is 10. The maximum atomic E-state index is 12.5. The molecule has 29 heavy (non-hydrogen) atoms. The molecule has 0 aliphatic carbocycles. The molecule has 0 saturated carbocycles. The van der Waals surface area contributed by atoms with Crippen LogP contribution < -0.4 is 9.44 Å². The Balaban J connectivity index is 1.75. The molecule has 2 N–H and O–H groups in total. The summed E-state index contributed by atoms with van der Waals surface area (Å²) in [6.45, 7) is 3.36. The second-order valence-corrected chi connectivity index (χ2v) is 14.1. The van der Waals surface area contributed by atoms with E-state index in [2.05, 4.69) is 9.44 Å². The lowest BCUT2D eigenvalue weighted by atomic mass is 10.1. The molecule has 2 fully saturated rings. The summed E-state index contributed by atoms with van der Waals surface area (Å²) in [6, 6.07) is -0.344. The minimum Gasteiger partial charge on any atom is -0.301 e. The van der Waals surface area contributed by atoms with E-state index >= 15 is 0 Å². The van der Waals surface area contributed by atoms with Crippen molar-refractivity contribution in [3.8, 4) is 0 Å². The van der Waals surface area contributed by atoms with Crippen molar-refractivity contribution in [3.63, 3.8) is 0 Å². The van der Waals surface area contributed by atoms with Crippen molar-refractivity contribution in [3.05, 3.63) is 0 Å². The van der Waals surface area contributed by atoms with Crippen LogP contribution in [0.4, 0.5) is 0 Å². The Kier molecular flexibility index (Phi) is 8.89. The summed E-state index contributed by atoms with van der Waals surface area (Å²) in [5.41, 5.74) is 0. The summed E-state index contributed by atoms with van der Waals surface area (Å²) in [6.07, 6.45) is 5.44. The molecule has 2 atom stereocenters. The van der Waals surface area contributed by atoms with Gasteiger partial charge in [-0.3, -0.25) is 0 Å². The van der Waals surface area contributed by atoms with E-state index in [1.165, 1.54) is 0 Å². The standard InChI is InChI=1S/C16H34N4O6S3/c1-27(21,22)17-15-5-3-7-19(13-15)9-11-29(25,26)12-10-20-8-4-6-16(14-20)18-28(2,23)24/h15-18H,3-14H2,1-2H3. The van der Waals surface area contributed by atoms with Gasteiger partial charge in [0.1, 0.15) is 0 Å². The first-order chi connectivity index (χ1) is 13.3. The van der Waals surface area contributed by atoms with Gasteiger partial charge < -0.3 is 9.80 Å². The minimum absolute atomic E-state index is 0.0391. The first-order valence-electron chi connectivity index (χ1n) is 9.91. The third-order valence-electron chi connectivity index (χ3n) is 5.21. The zero-order valence-electron chi connectivity index (χ0n) is 17.2. The lowest BCUT2D eigenvalue weighted by Crippen LogP contribution is -2.49. The first-order valence-corrected chi connectivity index (χ1v) is 15.5. The molecule has 2 aliphatic rings. The second kappa shape index (κ2) is 10.3. The van der Waals surface area contributed by atoms with Crippen LogP contribution in [0.25, 0.3) is 0 Å². The van der Waals surface area contributed by atoms with E-state index in [4.69, 9.17) is 0 Å². The molecule has 2 aliphatic heterocycles. The topological polar surface area (TPSA) is 133 Å². The van der Waals surface area contributed by atoms with Crippen LogP contribution in [0.5, 0.6) is 0 Å². The van der Waals surface area contributed by atoms with Gasteiger partial charge in [0.05, 0.1) is 24.0 Å². The zero-order chi connectivity index (χ0) is 21.7. The van der Waals surface area contributed by atoms with Gasteiger partial charge >= 0.3 is 0 Å². The van der Waals surface area contributed by atoms with Gasteiger partial charge in [-0.1, -0.05) is 0 Å². The van der Waals surface area contributed by atoms with Gasteiger partial charge in [0, 0.05) is 38.3 Å². The molecule has 13 heteroatoms. The third-order valence-corrected chi connectivity index (χ3v) is 8.34. The van der Waals surface area contributed by atoms with Crippen LogP contribution >= 0.6 is 0 Å². The fourth-order valence-electron chi connectivity index (χ4n) is 3.95. The van der Waals surface area contributed by atoms with Crippen LogP contribution in [0.2, 0.25) is 0 Å². The van der Waals surface area contributed by atoms with Crippen LogP contribution in [0, 0.1) is 0 Å². The summed E-state index contributed by atoms with van der Waals surface area (Å²) in [5.74, 6) is 0.0783. The molecule has 2 unspecified atom stereocenters. The highest BCUT2D eigenvalue weighted by Gasteiger charge is 2.25. The monoisotopic (exact) mass is 474 g/mol. The van der Waals surface area contributed by atoms with Gasteiger partial charge in [0.15, 0.2) is 9.84 Å². The predicted molar refractivity (Wildman–Crippen MR) is 114 cm³/mol. The number of nitrogens with zero attached hydrogens (tertiary/aromatic N) is 2. The van der Waals surface area contributed by atoms with Gasteiger partial charge in [-0.15, -0.1) is 0 Å². The van der Waals surface area contributed by atoms with Crippen molar-refractivity contribution >= 4 is 29.9 Å². The zero-order valence-corrected chi connectivity index (χ0v) is 19.7. The van der Waals surface area contributed by atoms with E-state index in [1.54, 1.807) is 0 Å². The molecule has 0 aromatic carbocycles. The Morgan fingerprint density at radius 3 is 1.45 bits per heavy atom. The normalized spacial score (nSPS) is 25.9. The van der Waals surface area contributed by atoms with Crippen molar-refractivity contribution in [1.29, 1.82) is 0 Å². The quantitative estimate of drug-likeness (QED) is 0.388. The van der Waals surface area contributed by atoms with Crippen molar-refractivity contribution in [2.24, 2.45) is 0 Å². The van der Waals surface area contributed by atoms with E-state index in [9.17, 15) is 25.3 Å². The second-order valence-electron chi connectivity index (χ2n) is 8.21. The highest BCUT2D eigenvalue weighted by atomic mass is 32.2. The smallest absolute Gasteiger partial charge is 0.208 e. The lowest BCUT2D eigenvalue weighted by molar-refractivity contribution is 0.209. The molecule has 10 nitrogen and oxygen atoms in total. The Bertz CT molecular complexity index is 780. The van der Waals surface area contributed by atoms with Gasteiger partial charge in [-0.2, -0.15) is 0 Å². The van der Waals surface area contributed by atoms with E-state index in [1.807, 2.05) is 9.80 Å². The number of sulfonamides is 2. The van der Waals surface area contributed by atoms with E-state index in [0.717, 1.165) is 51.3 Å². The molecule has 2 rings (SSSR count). The van der Waals surface area contributed by atoms with Crippen molar-refractivity contribution in [2.75, 3.05) is 63.3 Å². The van der Waals surface area contributed by atoms with Crippen molar-refractivity contribution in [2.45, 2.75) is 37.8 Å². The fraction of sp³-hybridized carbons (Fsp3) is 1.00. The SMILES string of the molecule is CS(=O)(=O)NC1CCCN(CCS(=O)(=O)CCN2CCCC(NS(C)(=O)=O)C2)C1. The maximum absolute atomic E-state index is 12.5. The Labute approximate surface area is 175 Å². The highest BCUT2D eigenvalue weighted by molar-refractivity contribution is 7.91. The molecule has 0 bridgehead atoms. The summed E-state index contributed by atoms with van der Waals surface area (Å²) in [4.78, 5) is 3.99. The van der Waals surface area contributed by atoms with E-state index in [-0.39, 0.29) is 23.6 Å². The number of piperidine rings is 2. The van der Waals surface area contributed by atoms with Gasteiger partial charge in [0.25, 0.3) is 0 Å². The average Bonchev–Trinajstić information content (AvgIpc) is 2.56. The van der Waals surface area contributed by atoms with Crippen LogP contribution in [0.3, 0.4) is 0 Å². The first kappa shape index (κ1) is 25.0. The Morgan fingerprint density at radius 1 is 0.724 bits per heavy atom. The number of likely N-dealkylation sites (tertiary alicyclic amines) is 2. The van der Waals surface area contributed by atoms with Crippen LogP contribution in [0.1, 0.15) is 25.7 Å². The van der Waals surface area contributed by atoms with Crippen LogP contribution in [-0.4, -0.2) is 110 Å². The van der Waals surface area contributed by atoms with Crippen LogP contribution in [-0.2, 0) is 29.9 Å². The molecular formula is C16H34N4O6S3. The molecule has 2 heterocycles. The molecule has 172 valence electrons. The van der Waals surface area contributed by atoms with Crippen molar-refractivity contribution in [1.82, 2.24) is 19.2 Å². The summed E-state index contributed by atoms with van der Waals surface area (Å²) in [5, 5.41) is 0. The summed E-state index contributed by atoms with van der Waals surface area (Å²) in [7, 11) is -9.79. The summed E-state index contributed by atoms with van der Waals surface area (Å²) < 4.78 is 75.7. The minimum atomic E-state index is -3.27. The largest absolute Gasteiger partial charge is 0.301 e. The molecule has 0 aromatic rings. The molecule has 0 aromatic heterocycles. The lowest BCUT2D eigenvalue weighted by Gasteiger charge is -2.33. The Morgan fingerprint density at radius 2 is 1.10 bits per heavy atom. The molecule has 0 spiro atoms. The third kappa shape index (κ3) is 10.5. The number of nitrogens with one attached hydrogen (secondary N) is 2. The van der Waals surface area contributed by atoms with E-state index in [0.29, 0.717) is 26.2 Å². The van der Waals surface area contributed by atoms with Gasteiger partial charge in [-0.25, -0.2) is 34.7 Å². The summed E-state index contributed by atoms with van der Waals surface area (Å²) >= 11 is 0. The predicted octanol–water partition coefficient (Wildman–Crippen LogP) is -1.57. The van der Waals surface area contributed by atoms with Crippen LogP contribution in [0.15, 0.2) is 0 Å². The average molecular weight is 475 g/mol.